The highest BCUT2D eigenvalue weighted by Crippen LogP contribution is 2.34. The molecule has 2 N–H and O–H groups in total. The SMILES string of the molecule is O=C1CC(C(=O)NCCSc2ncc(C(F)(F)F)cc2Cl)c2ccccc2N1. The Balaban J connectivity index is 1.55. The van der Waals surface area contributed by atoms with Crippen LogP contribution in [-0.4, -0.2) is 29.1 Å². The minimum atomic E-state index is -4.50. The first-order valence-corrected chi connectivity index (χ1v) is 9.64. The van der Waals surface area contributed by atoms with Gasteiger partial charge in [0.15, 0.2) is 0 Å². The van der Waals surface area contributed by atoms with Crippen molar-refractivity contribution in [3.63, 3.8) is 0 Å². The van der Waals surface area contributed by atoms with E-state index in [0.717, 1.165) is 29.6 Å². The Bertz CT molecular complexity index is 908. The number of para-hydroxylation sites is 1. The van der Waals surface area contributed by atoms with Crippen LogP contribution in [0.2, 0.25) is 5.02 Å². The van der Waals surface area contributed by atoms with Crippen LogP contribution in [-0.2, 0) is 15.8 Å². The van der Waals surface area contributed by atoms with Crippen LogP contribution in [0.5, 0.6) is 0 Å². The number of rotatable bonds is 5. The fourth-order valence-corrected chi connectivity index (χ4v) is 3.83. The highest BCUT2D eigenvalue weighted by atomic mass is 35.5. The zero-order chi connectivity index (χ0) is 20.3. The third kappa shape index (κ3) is 4.77. The molecule has 1 aromatic carbocycles. The van der Waals surface area contributed by atoms with Crippen LogP contribution in [0.4, 0.5) is 18.9 Å². The molecule has 10 heteroatoms. The normalized spacial score (nSPS) is 16.3. The second-order valence-electron chi connectivity index (χ2n) is 6.04. The van der Waals surface area contributed by atoms with Gasteiger partial charge in [-0.2, -0.15) is 13.2 Å². The Morgan fingerprint density at radius 1 is 1.36 bits per heavy atom. The smallest absolute Gasteiger partial charge is 0.355 e. The number of thioether (sulfide) groups is 1. The van der Waals surface area contributed by atoms with Crippen LogP contribution in [0.15, 0.2) is 41.6 Å². The summed E-state index contributed by atoms with van der Waals surface area (Å²) in [5.41, 5.74) is 0.457. The lowest BCUT2D eigenvalue weighted by molar-refractivity contribution is -0.137. The Labute approximate surface area is 168 Å². The van der Waals surface area contributed by atoms with Gasteiger partial charge in [-0.05, 0) is 17.7 Å². The van der Waals surface area contributed by atoms with Crippen LogP contribution < -0.4 is 10.6 Å². The van der Waals surface area contributed by atoms with Crippen LogP contribution in [0.3, 0.4) is 0 Å². The average Bonchev–Trinajstić information content (AvgIpc) is 2.64. The third-order valence-corrected chi connectivity index (χ3v) is 5.50. The number of carbonyl (C=O) groups is 2. The van der Waals surface area contributed by atoms with E-state index in [1.807, 2.05) is 0 Å². The minimum Gasteiger partial charge on any atom is -0.355 e. The molecule has 5 nitrogen and oxygen atoms in total. The number of carbonyl (C=O) groups excluding carboxylic acids is 2. The summed E-state index contributed by atoms with van der Waals surface area (Å²) in [6.07, 6.45) is -3.72. The number of pyridine rings is 1. The predicted molar refractivity (Wildman–Crippen MR) is 100 cm³/mol. The molecule has 1 atom stereocenters. The van der Waals surface area contributed by atoms with Gasteiger partial charge < -0.3 is 10.6 Å². The summed E-state index contributed by atoms with van der Waals surface area (Å²) in [6, 6.07) is 7.93. The molecule has 1 aliphatic rings. The maximum absolute atomic E-state index is 12.6. The van der Waals surface area contributed by atoms with Gasteiger partial charge in [-0.25, -0.2) is 4.98 Å². The zero-order valence-electron chi connectivity index (χ0n) is 14.3. The van der Waals surface area contributed by atoms with Crippen molar-refractivity contribution in [2.45, 2.75) is 23.5 Å². The Hall–Kier alpha value is -2.26. The lowest BCUT2D eigenvalue weighted by Gasteiger charge is -2.24. The molecule has 2 heterocycles. The molecule has 0 bridgehead atoms. The second kappa shape index (κ2) is 8.40. The van der Waals surface area contributed by atoms with Gasteiger partial charge >= 0.3 is 6.18 Å². The second-order valence-corrected chi connectivity index (χ2v) is 7.53. The largest absolute Gasteiger partial charge is 0.417 e. The number of benzene rings is 1. The Morgan fingerprint density at radius 3 is 2.82 bits per heavy atom. The molecule has 0 spiro atoms. The van der Waals surface area contributed by atoms with Crippen LogP contribution in [0.25, 0.3) is 0 Å². The van der Waals surface area contributed by atoms with Crippen molar-refractivity contribution in [2.24, 2.45) is 0 Å². The summed E-state index contributed by atoms with van der Waals surface area (Å²) in [6.45, 7) is 0.253. The third-order valence-electron chi connectivity index (χ3n) is 4.09. The minimum absolute atomic E-state index is 0.0578. The summed E-state index contributed by atoms with van der Waals surface area (Å²) >= 11 is 6.99. The molecule has 0 saturated carbocycles. The van der Waals surface area contributed by atoms with Crippen molar-refractivity contribution in [3.05, 3.63) is 52.7 Å². The van der Waals surface area contributed by atoms with E-state index < -0.39 is 17.7 Å². The van der Waals surface area contributed by atoms with E-state index in [2.05, 4.69) is 15.6 Å². The summed E-state index contributed by atoms with van der Waals surface area (Å²) < 4.78 is 37.9. The molecule has 1 aromatic heterocycles. The average molecular weight is 430 g/mol. The van der Waals surface area contributed by atoms with E-state index in [0.29, 0.717) is 11.4 Å². The van der Waals surface area contributed by atoms with Crippen LogP contribution in [0, 0.1) is 0 Å². The maximum Gasteiger partial charge on any atom is 0.417 e. The maximum atomic E-state index is 12.6. The van der Waals surface area contributed by atoms with Gasteiger partial charge in [0.05, 0.1) is 16.5 Å². The fraction of sp³-hybridized carbons (Fsp3) is 0.278. The molecular weight excluding hydrogens is 415 g/mol. The molecular formula is C18H15ClF3N3O2S. The predicted octanol–water partition coefficient (Wildman–Crippen LogP) is 4.09. The number of alkyl halides is 3. The van der Waals surface area contributed by atoms with Crippen molar-refractivity contribution in [3.8, 4) is 0 Å². The first kappa shape index (κ1) is 20.5. The standard InChI is InChI=1S/C18H15ClF3N3O2S/c19-13-7-10(18(20,21)22)9-24-17(13)28-6-5-23-16(27)12-8-15(26)25-14-4-2-1-3-11(12)14/h1-4,7,9,12H,5-6,8H2,(H,23,27)(H,25,26). The molecule has 2 amide bonds. The van der Waals surface area contributed by atoms with Crippen molar-refractivity contribution in [1.29, 1.82) is 0 Å². The van der Waals surface area contributed by atoms with Gasteiger partial charge in [-0.1, -0.05) is 29.8 Å². The highest BCUT2D eigenvalue weighted by Gasteiger charge is 2.32. The van der Waals surface area contributed by atoms with Crippen LogP contribution >= 0.6 is 23.4 Å². The quantitative estimate of drug-likeness (QED) is 0.555. The van der Waals surface area contributed by atoms with Crippen molar-refractivity contribution < 1.29 is 22.8 Å². The number of anilines is 1. The Morgan fingerprint density at radius 2 is 2.11 bits per heavy atom. The molecule has 148 valence electrons. The molecule has 1 aliphatic heterocycles. The van der Waals surface area contributed by atoms with Gasteiger partial charge in [0.25, 0.3) is 0 Å². The number of amides is 2. The summed E-state index contributed by atoms with van der Waals surface area (Å²) in [4.78, 5) is 28.0. The van der Waals surface area contributed by atoms with E-state index >= 15 is 0 Å². The van der Waals surface area contributed by atoms with Crippen LogP contribution in [0.1, 0.15) is 23.5 Å². The van der Waals surface area contributed by atoms with Gasteiger partial charge in [-0.15, -0.1) is 11.8 Å². The topological polar surface area (TPSA) is 71.1 Å². The molecule has 3 rings (SSSR count). The number of hydrogen-bond acceptors (Lipinski definition) is 4. The van der Waals surface area contributed by atoms with E-state index in [1.165, 1.54) is 0 Å². The number of nitrogens with zero attached hydrogens (tertiary/aromatic N) is 1. The summed E-state index contributed by atoms with van der Waals surface area (Å²) in [7, 11) is 0. The summed E-state index contributed by atoms with van der Waals surface area (Å²) in [5.74, 6) is -0.726. The first-order chi connectivity index (χ1) is 13.3. The van der Waals surface area contributed by atoms with Gasteiger partial charge in [0.1, 0.15) is 5.03 Å². The monoisotopic (exact) mass is 429 g/mol. The first-order valence-electron chi connectivity index (χ1n) is 8.27. The fourth-order valence-electron chi connectivity index (χ4n) is 2.78. The molecule has 0 radical (unpaired) electrons. The van der Waals surface area contributed by atoms with E-state index in [4.69, 9.17) is 11.6 Å². The molecule has 0 saturated heterocycles. The van der Waals surface area contributed by atoms with Gasteiger partial charge in [-0.3, -0.25) is 9.59 Å². The zero-order valence-corrected chi connectivity index (χ0v) is 15.9. The number of fused-ring (bicyclic) bond motifs is 1. The number of aromatic nitrogens is 1. The number of nitrogens with one attached hydrogen (secondary N) is 2. The van der Waals surface area contributed by atoms with E-state index in [-0.39, 0.29) is 34.8 Å². The Kier molecular flexibility index (Phi) is 6.14. The van der Waals surface area contributed by atoms with E-state index in [9.17, 15) is 22.8 Å². The molecule has 28 heavy (non-hydrogen) atoms. The molecule has 0 fully saturated rings. The lowest BCUT2D eigenvalue weighted by Crippen LogP contribution is -2.36. The van der Waals surface area contributed by atoms with Crippen molar-refractivity contribution in [1.82, 2.24) is 10.3 Å². The van der Waals surface area contributed by atoms with Gasteiger partial charge in [0, 0.05) is 30.6 Å². The molecule has 1 unspecified atom stereocenters. The number of hydrogen-bond donors (Lipinski definition) is 2. The lowest BCUT2D eigenvalue weighted by atomic mass is 9.90. The highest BCUT2D eigenvalue weighted by molar-refractivity contribution is 7.99. The summed E-state index contributed by atoms with van der Waals surface area (Å²) in [5, 5.41) is 5.64. The van der Waals surface area contributed by atoms with Crippen molar-refractivity contribution >= 4 is 40.9 Å². The number of halogens is 4. The van der Waals surface area contributed by atoms with Gasteiger partial charge in [0.2, 0.25) is 11.8 Å². The van der Waals surface area contributed by atoms with E-state index in [1.54, 1.807) is 24.3 Å². The molecule has 2 aromatic rings. The van der Waals surface area contributed by atoms with Crippen molar-refractivity contribution in [2.75, 3.05) is 17.6 Å². The molecule has 0 aliphatic carbocycles.